The average molecular weight is 502 g/mol. The molecule has 0 aliphatic heterocycles. The molecule has 0 unspecified atom stereocenters. The number of aliphatic carboxylic acids is 1. The lowest BCUT2D eigenvalue weighted by Crippen LogP contribution is -2.23. The van der Waals surface area contributed by atoms with Gasteiger partial charge in [-0.25, -0.2) is 4.79 Å². The zero-order chi connectivity index (χ0) is 24.8. The summed E-state index contributed by atoms with van der Waals surface area (Å²) in [6.07, 6.45) is 0.445. The standard InChI is InChI=1S/C20H27N3O8S2/c1-29-17-12(14(24)7-10-32-33-11-8-15(25)26)5-6-13(18(17)30-2)19(28)31-16(27)4-3-9-23-20(21)22/h5-6H,3-4,7-11H2,1-2H3,(H,25,26)(H4,21,22,23). The lowest BCUT2D eigenvalue weighted by Gasteiger charge is -2.15. The molecule has 0 aliphatic rings. The number of esters is 2. The Morgan fingerprint density at radius 3 is 2.09 bits per heavy atom. The zero-order valence-corrected chi connectivity index (χ0v) is 20.0. The van der Waals surface area contributed by atoms with Gasteiger partial charge in [-0.3, -0.25) is 19.4 Å². The van der Waals surface area contributed by atoms with Crippen molar-refractivity contribution < 1.29 is 38.5 Å². The summed E-state index contributed by atoms with van der Waals surface area (Å²) >= 11 is 0. The second-order valence-corrected chi connectivity index (χ2v) is 9.06. The molecule has 0 aliphatic carbocycles. The number of guanidine groups is 1. The van der Waals surface area contributed by atoms with Crippen molar-refractivity contribution in [3.8, 4) is 11.5 Å². The molecule has 0 spiro atoms. The summed E-state index contributed by atoms with van der Waals surface area (Å²) in [4.78, 5) is 51.3. The number of nitrogens with two attached hydrogens (primary N) is 2. The van der Waals surface area contributed by atoms with Gasteiger partial charge in [0.25, 0.3) is 0 Å². The predicted molar refractivity (Wildman–Crippen MR) is 126 cm³/mol. The van der Waals surface area contributed by atoms with Gasteiger partial charge in [0.1, 0.15) is 5.56 Å². The number of methoxy groups -OCH3 is 2. The van der Waals surface area contributed by atoms with Gasteiger partial charge < -0.3 is 30.8 Å². The van der Waals surface area contributed by atoms with E-state index >= 15 is 0 Å². The van der Waals surface area contributed by atoms with Crippen LogP contribution >= 0.6 is 21.6 Å². The largest absolute Gasteiger partial charge is 0.492 e. The minimum absolute atomic E-state index is 0.0230. The Balaban J connectivity index is 2.79. The number of carboxylic acids is 1. The van der Waals surface area contributed by atoms with E-state index in [1.165, 1.54) is 47.9 Å². The van der Waals surface area contributed by atoms with Crippen LogP contribution in [-0.4, -0.2) is 67.0 Å². The summed E-state index contributed by atoms with van der Waals surface area (Å²) in [5, 5.41) is 8.62. The van der Waals surface area contributed by atoms with E-state index in [0.29, 0.717) is 17.9 Å². The number of ketones is 1. The minimum atomic E-state index is -0.943. The SMILES string of the molecule is COc1c(C(=O)CCSSCCC(=O)O)ccc(C(=O)OC(=O)CCCN=C(N)N)c1OC. The number of hydrogen-bond donors (Lipinski definition) is 3. The normalized spacial score (nSPS) is 10.2. The van der Waals surface area contributed by atoms with E-state index in [0.717, 1.165) is 0 Å². The van der Waals surface area contributed by atoms with Crippen LogP contribution in [-0.2, 0) is 14.3 Å². The van der Waals surface area contributed by atoms with Crippen LogP contribution in [0.15, 0.2) is 17.1 Å². The number of ether oxygens (including phenoxy) is 3. The molecule has 0 radical (unpaired) electrons. The number of benzene rings is 1. The Labute approximate surface area is 199 Å². The molecule has 1 rings (SSSR count). The average Bonchev–Trinajstić information content (AvgIpc) is 2.77. The Morgan fingerprint density at radius 2 is 1.52 bits per heavy atom. The number of carbonyl (C=O) groups is 4. The zero-order valence-electron chi connectivity index (χ0n) is 18.3. The molecular weight excluding hydrogens is 474 g/mol. The van der Waals surface area contributed by atoms with Crippen molar-refractivity contribution in [1.29, 1.82) is 0 Å². The first-order valence-electron chi connectivity index (χ1n) is 9.76. The van der Waals surface area contributed by atoms with Gasteiger partial charge >= 0.3 is 17.9 Å². The molecule has 33 heavy (non-hydrogen) atoms. The van der Waals surface area contributed by atoms with Crippen LogP contribution in [0.3, 0.4) is 0 Å². The lowest BCUT2D eigenvalue weighted by atomic mass is 10.0. The molecule has 13 heteroatoms. The maximum absolute atomic E-state index is 12.6. The predicted octanol–water partition coefficient (Wildman–Crippen LogP) is 1.87. The molecule has 0 fully saturated rings. The molecule has 182 valence electrons. The maximum Gasteiger partial charge on any atom is 0.349 e. The number of carbonyl (C=O) groups excluding carboxylic acids is 3. The van der Waals surface area contributed by atoms with E-state index in [2.05, 4.69) is 4.99 Å². The third kappa shape index (κ3) is 10.0. The summed E-state index contributed by atoms with van der Waals surface area (Å²) in [5.41, 5.74) is 10.5. The van der Waals surface area contributed by atoms with Gasteiger partial charge in [-0.2, -0.15) is 0 Å². The van der Waals surface area contributed by atoms with Crippen LogP contribution in [0.25, 0.3) is 0 Å². The number of carboxylic acid groups (broad SMARTS) is 1. The number of rotatable bonds is 15. The molecule has 0 saturated heterocycles. The fourth-order valence-electron chi connectivity index (χ4n) is 2.51. The molecule has 1 aromatic carbocycles. The maximum atomic E-state index is 12.6. The Hall–Kier alpha value is -2.93. The van der Waals surface area contributed by atoms with Crippen LogP contribution < -0.4 is 20.9 Å². The van der Waals surface area contributed by atoms with Crippen LogP contribution in [0.4, 0.5) is 0 Å². The van der Waals surface area contributed by atoms with Gasteiger partial charge in [0, 0.05) is 30.9 Å². The van der Waals surface area contributed by atoms with E-state index in [4.69, 9.17) is 30.8 Å². The van der Waals surface area contributed by atoms with E-state index in [1.54, 1.807) is 0 Å². The second kappa shape index (κ2) is 15.0. The lowest BCUT2D eigenvalue weighted by molar-refractivity contribution is -0.138. The molecule has 1 aromatic rings. The van der Waals surface area contributed by atoms with Crippen molar-refractivity contribution in [1.82, 2.24) is 0 Å². The van der Waals surface area contributed by atoms with Gasteiger partial charge in [0.15, 0.2) is 23.2 Å². The fourth-order valence-corrected chi connectivity index (χ4v) is 4.47. The van der Waals surface area contributed by atoms with E-state index in [1.807, 2.05) is 0 Å². The van der Waals surface area contributed by atoms with Crippen molar-refractivity contribution in [3.63, 3.8) is 0 Å². The van der Waals surface area contributed by atoms with Crippen LogP contribution in [0.2, 0.25) is 0 Å². The molecule has 0 bridgehead atoms. The van der Waals surface area contributed by atoms with Crippen molar-refractivity contribution in [2.75, 3.05) is 32.3 Å². The topological polar surface area (TPSA) is 181 Å². The monoisotopic (exact) mass is 501 g/mol. The van der Waals surface area contributed by atoms with Crippen LogP contribution in [0, 0.1) is 0 Å². The molecule has 0 heterocycles. The first kappa shape index (κ1) is 28.1. The summed E-state index contributed by atoms with van der Waals surface area (Å²) in [6.45, 7) is 0.218. The molecule has 0 saturated carbocycles. The fraction of sp³-hybridized carbons (Fsp3) is 0.450. The molecular formula is C20H27N3O8S2. The molecule has 0 aromatic heterocycles. The quantitative estimate of drug-likeness (QED) is 0.0604. The third-order valence-electron chi connectivity index (χ3n) is 3.98. The smallest absolute Gasteiger partial charge is 0.349 e. The van der Waals surface area contributed by atoms with Crippen molar-refractivity contribution in [3.05, 3.63) is 23.3 Å². The summed E-state index contributed by atoms with van der Waals surface area (Å²) < 4.78 is 15.4. The molecule has 0 amide bonds. The highest BCUT2D eigenvalue weighted by molar-refractivity contribution is 8.76. The summed E-state index contributed by atoms with van der Waals surface area (Å²) in [6, 6.07) is 2.74. The Bertz CT molecular complexity index is 888. The number of nitrogens with zero attached hydrogens (tertiary/aromatic N) is 1. The number of Topliss-reactive ketones (excluding diaryl/α,β-unsaturated/α-hetero) is 1. The van der Waals surface area contributed by atoms with E-state index in [-0.39, 0.29) is 60.2 Å². The second-order valence-electron chi connectivity index (χ2n) is 6.36. The van der Waals surface area contributed by atoms with Crippen molar-refractivity contribution in [2.45, 2.75) is 25.7 Å². The van der Waals surface area contributed by atoms with Gasteiger partial charge in [0.05, 0.1) is 26.2 Å². The van der Waals surface area contributed by atoms with Gasteiger partial charge in [0.2, 0.25) is 0 Å². The van der Waals surface area contributed by atoms with Crippen molar-refractivity contribution >= 4 is 51.2 Å². The Kier molecular flexibility index (Phi) is 12.8. The van der Waals surface area contributed by atoms with E-state index < -0.39 is 17.9 Å². The minimum Gasteiger partial charge on any atom is -0.492 e. The first-order valence-corrected chi connectivity index (χ1v) is 12.2. The van der Waals surface area contributed by atoms with E-state index in [9.17, 15) is 19.2 Å². The first-order chi connectivity index (χ1) is 15.7. The molecule has 5 N–H and O–H groups in total. The van der Waals surface area contributed by atoms with Crippen LogP contribution in [0.5, 0.6) is 11.5 Å². The highest BCUT2D eigenvalue weighted by atomic mass is 33.1. The third-order valence-corrected chi connectivity index (χ3v) is 6.38. The summed E-state index contributed by atoms with van der Waals surface area (Å²) in [5.74, 6) is -1.98. The van der Waals surface area contributed by atoms with Crippen molar-refractivity contribution in [2.24, 2.45) is 16.5 Å². The van der Waals surface area contributed by atoms with Gasteiger partial charge in [-0.05, 0) is 18.6 Å². The van der Waals surface area contributed by atoms with Crippen LogP contribution in [0.1, 0.15) is 46.4 Å². The molecule has 11 nitrogen and oxygen atoms in total. The highest BCUT2D eigenvalue weighted by Crippen LogP contribution is 2.36. The van der Waals surface area contributed by atoms with Gasteiger partial charge in [-0.15, -0.1) is 0 Å². The van der Waals surface area contributed by atoms with Gasteiger partial charge in [-0.1, -0.05) is 21.6 Å². The number of hydrogen-bond acceptors (Lipinski definition) is 10. The highest BCUT2D eigenvalue weighted by Gasteiger charge is 2.25. The molecule has 0 atom stereocenters. The number of aliphatic imine (C=N–C) groups is 1. The summed E-state index contributed by atoms with van der Waals surface area (Å²) in [7, 11) is 5.39. The Morgan fingerprint density at radius 1 is 0.939 bits per heavy atom.